The lowest BCUT2D eigenvalue weighted by atomic mass is 10.2. The van der Waals surface area contributed by atoms with Gasteiger partial charge in [0.2, 0.25) is 0 Å². The number of anilines is 2. The van der Waals surface area contributed by atoms with Gasteiger partial charge in [0, 0.05) is 28.9 Å². The van der Waals surface area contributed by atoms with Crippen molar-refractivity contribution in [1.82, 2.24) is 9.97 Å². The molecule has 2 heterocycles. The second-order valence-electron chi connectivity index (χ2n) is 5.70. The number of allylic oxidation sites excluding steroid dienone is 2. The van der Waals surface area contributed by atoms with Crippen LogP contribution in [0.5, 0.6) is 0 Å². The van der Waals surface area contributed by atoms with Crippen molar-refractivity contribution in [2.75, 3.05) is 5.32 Å². The summed E-state index contributed by atoms with van der Waals surface area (Å²) in [6.07, 6.45) is 6.72. The van der Waals surface area contributed by atoms with Crippen molar-refractivity contribution < 1.29 is 0 Å². The molecular formula is C20H27ClN4. The average molecular weight is 359 g/mol. The Morgan fingerprint density at radius 1 is 1.20 bits per heavy atom. The fourth-order valence-corrected chi connectivity index (χ4v) is 2.01. The molecule has 0 spiro atoms. The summed E-state index contributed by atoms with van der Waals surface area (Å²) in [6.45, 7) is 12.1. The molecule has 0 atom stereocenters. The van der Waals surface area contributed by atoms with Crippen LogP contribution in [0, 0.1) is 6.92 Å². The number of halogens is 1. The Labute approximate surface area is 156 Å². The first-order valence-corrected chi connectivity index (χ1v) is 8.82. The van der Waals surface area contributed by atoms with Crippen LogP contribution in [0.1, 0.15) is 52.3 Å². The third-order valence-corrected chi connectivity index (χ3v) is 3.48. The molecule has 0 saturated carbocycles. The zero-order valence-electron chi connectivity index (χ0n) is 15.9. The van der Waals surface area contributed by atoms with E-state index in [-0.39, 0.29) is 0 Å². The van der Waals surface area contributed by atoms with Gasteiger partial charge in [-0.25, -0.2) is 4.98 Å². The summed E-state index contributed by atoms with van der Waals surface area (Å²) < 4.78 is 0. The standard InChI is InChI=1S/C17H19ClN4.C3H8/c1-5-11(2)21-13(4)14-8-16(18)17(20-9-14)22-15-7-6-12(3)19-10-15;1-3-2/h5-10H,1-4H3,(H,20,22);3H2,1-2H3/b11-5-,21-13?;. The van der Waals surface area contributed by atoms with Gasteiger partial charge in [0.25, 0.3) is 0 Å². The number of aliphatic imine (C=N–C) groups is 1. The Morgan fingerprint density at radius 2 is 1.88 bits per heavy atom. The summed E-state index contributed by atoms with van der Waals surface area (Å²) in [5.74, 6) is 0.603. The van der Waals surface area contributed by atoms with Crippen molar-refractivity contribution >= 4 is 28.8 Å². The molecule has 25 heavy (non-hydrogen) atoms. The smallest absolute Gasteiger partial charge is 0.149 e. The molecule has 0 amide bonds. The Bertz CT molecular complexity index is 734. The van der Waals surface area contributed by atoms with Gasteiger partial charge in [0.15, 0.2) is 0 Å². The summed E-state index contributed by atoms with van der Waals surface area (Å²) >= 11 is 6.31. The van der Waals surface area contributed by atoms with Gasteiger partial charge in [-0.3, -0.25) is 9.98 Å². The maximum atomic E-state index is 6.31. The monoisotopic (exact) mass is 358 g/mol. The number of hydrogen-bond donors (Lipinski definition) is 1. The van der Waals surface area contributed by atoms with Crippen LogP contribution >= 0.6 is 11.6 Å². The number of rotatable bonds is 4. The number of nitrogens with one attached hydrogen (secondary N) is 1. The van der Waals surface area contributed by atoms with E-state index in [0.29, 0.717) is 10.8 Å². The van der Waals surface area contributed by atoms with E-state index in [2.05, 4.69) is 34.1 Å². The molecule has 0 radical (unpaired) electrons. The van der Waals surface area contributed by atoms with Gasteiger partial charge < -0.3 is 5.32 Å². The van der Waals surface area contributed by atoms with Gasteiger partial charge in [-0.1, -0.05) is 37.9 Å². The van der Waals surface area contributed by atoms with Crippen molar-refractivity contribution in [2.45, 2.75) is 48.0 Å². The largest absolute Gasteiger partial charge is 0.338 e. The van der Waals surface area contributed by atoms with E-state index < -0.39 is 0 Å². The molecule has 0 aliphatic rings. The fraction of sp³-hybridized carbons (Fsp3) is 0.350. The molecule has 2 rings (SSSR count). The molecule has 2 aromatic rings. The Morgan fingerprint density at radius 3 is 2.40 bits per heavy atom. The Balaban J connectivity index is 0.000000970. The lowest BCUT2D eigenvalue weighted by Crippen LogP contribution is -2.00. The molecule has 0 aromatic carbocycles. The highest BCUT2D eigenvalue weighted by atomic mass is 35.5. The highest BCUT2D eigenvalue weighted by Crippen LogP contribution is 2.24. The second-order valence-corrected chi connectivity index (χ2v) is 6.11. The van der Waals surface area contributed by atoms with Crippen molar-refractivity contribution in [3.63, 3.8) is 0 Å². The molecule has 0 fully saturated rings. The molecule has 0 aliphatic heterocycles. The molecule has 0 saturated heterocycles. The van der Waals surface area contributed by atoms with E-state index in [1.807, 2.05) is 52.0 Å². The molecule has 134 valence electrons. The van der Waals surface area contributed by atoms with Crippen molar-refractivity contribution in [1.29, 1.82) is 0 Å². The number of nitrogens with zero attached hydrogens (tertiary/aromatic N) is 3. The van der Waals surface area contributed by atoms with Gasteiger partial charge in [-0.15, -0.1) is 0 Å². The van der Waals surface area contributed by atoms with E-state index >= 15 is 0 Å². The highest BCUT2D eigenvalue weighted by molar-refractivity contribution is 6.33. The van der Waals surface area contributed by atoms with Crippen LogP contribution < -0.4 is 5.32 Å². The van der Waals surface area contributed by atoms with Crippen LogP contribution in [0.3, 0.4) is 0 Å². The molecular weight excluding hydrogens is 332 g/mol. The van der Waals surface area contributed by atoms with E-state index in [9.17, 15) is 0 Å². The summed E-state index contributed by atoms with van der Waals surface area (Å²) in [6, 6.07) is 5.73. The maximum Gasteiger partial charge on any atom is 0.149 e. The summed E-state index contributed by atoms with van der Waals surface area (Å²) in [4.78, 5) is 13.1. The zero-order chi connectivity index (χ0) is 18.8. The third-order valence-electron chi connectivity index (χ3n) is 3.19. The van der Waals surface area contributed by atoms with Crippen LogP contribution in [-0.2, 0) is 0 Å². The van der Waals surface area contributed by atoms with Gasteiger partial charge in [-0.05, 0) is 45.9 Å². The second kappa shape index (κ2) is 10.6. The normalized spacial score (nSPS) is 11.6. The first-order valence-electron chi connectivity index (χ1n) is 8.45. The van der Waals surface area contributed by atoms with Crippen molar-refractivity contribution in [2.24, 2.45) is 4.99 Å². The fourth-order valence-electron chi connectivity index (χ4n) is 1.80. The van der Waals surface area contributed by atoms with Gasteiger partial charge in [0.05, 0.1) is 16.9 Å². The van der Waals surface area contributed by atoms with Crippen molar-refractivity contribution in [3.05, 3.63) is 58.6 Å². The minimum absolute atomic E-state index is 0.547. The maximum absolute atomic E-state index is 6.31. The van der Waals surface area contributed by atoms with Crippen LogP contribution in [0.2, 0.25) is 5.02 Å². The van der Waals surface area contributed by atoms with Crippen LogP contribution in [0.15, 0.2) is 47.4 Å². The average Bonchev–Trinajstić information content (AvgIpc) is 2.59. The highest BCUT2D eigenvalue weighted by Gasteiger charge is 2.06. The minimum atomic E-state index is 0.547. The number of hydrogen-bond acceptors (Lipinski definition) is 4. The molecule has 1 N–H and O–H groups in total. The quantitative estimate of drug-likeness (QED) is 0.649. The van der Waals surface area contributed by atoms with E-state index in [4.69, 9.17) is 11.6 Å². The lowest BCUT2D eigenvalue weighted by Gasteiger charge is -2.09. The predicted octanol–water partition coefficient (Wildman–Crippen LogP) is 6.33. The topological polar surface area (TPSA) is 50.2 Å². The Kier molecular flexibility index (Phi) is 8.86. The molecule has 0 bridgehead atoms. The first kappa shape index (κ1) is 20.8. The van der Waals surface area contributed by atoms with Crippen LogP contribution in [0.4, 0.5) is 11.5 Å². The van der Waals surface area contributed by atoms with E-state index in [0.717, 1.165) is 28.4 Å². The molecule has 0 unspecified atom stereocenters. The zero-order valence-corrected chi connectivity index (χ0v) is 16.6. The summed E-state index contributed by atoms with van der Waals surface area (Å²) in [5.41, 5.74) is 4.56. The van der Waals surface area contributed by atoms with Gasteiger partial charge >= 0.3 is 0 Å². The molecule has 4 nitrogen and oxygen atoms in total. The lowest BCUT2D eigenvalue weighted by molar-refractivity contribution is 1.09. The van der Waals surface area contributed by atoms with Crippen LogP contribution in [0.25, 0.3) is 0 Å². The first-order chi connectivity index (χ1) is 11.9. The van der Waals surface area contributed by atoms with Gasteiger partial charge in [0.1, 0.15) is 5.82 Å². The number of pyridine rings is 2. The van der Waals surface area contributed by atoms with Gasteiger partial charge in [-0.2, -0.15) is 0 Å². The SMILES string of the molecule is C/C=C(/C)N=C(C)c1cnc(Nc2ccc(C)nc2)c(Cl)c1.CCC. The number of aryl methyl sites for hydroxylation is 1. The molecule has 0 aliphatic carbocycles. The summed E-state index contributed by atoms with van der Waals surface area (Å²) in [5, 5.41) is 3.71. The van der Waals surface area contributed by atoms with E-state index in [1.165, 1.54) is 6.42 Å². The van der Waals surface area contributed by atoms with E-state index in [1.54, 1.807) is 12.4 Å². The Hall–Kier alpha value is -2.20. The van der Waals surface area contributed by atoms with Crippen molar-refractivity contribution in [3.8, 4) is 0 Å². The third kappa shape index (κ3) is 7.06. The van der Waals surface area contributed by atoms with Crippen LogP contribution in [-0.4, -0.2) is 15.7 Å². The summed E-state index contributed by atoms with van der Waals surface area (Å²) in [7, 11) is 0. The number of aromatic nitrogens is 2. The molecule has 5 heteroatoms. The minimum Gasteiger partial charge on any atom is -0.338 e. The molecule has 2 aromatic heterocycles. The predicted molar refractivity (Wildman–Crippen MR) is 109 cm³/mol.